The summed E-state index contributed by atoms with van der Waals surface area (Å²) < 4.78 is 0. The molecular formula is C24H44N8O8. The molecule has 0 saturated carbocycles. The van der Waals surface area contributed by atoms with Gasteiger partial charge in [0.05, 0.1) is 6.04 Å². The van der Waals surface area contributed by atoms with E-state index in [1.54, 1.807) is 0 Å². The van der Waals surface area contributed by atoms with Crippen LogP contribution in [-0.2, 0) is 33.6 Å². The fourth-order valence-electron chi connectivity index (χ4n) is 3.07. The van der Waals surface area contributed by atoms with E-state index < -0.39 is 83.7 Å². The Morgan fingerprint density at radius 3 is 1.12 bits per heavy atom. The first kappa shape index (κ1) is 36.2. The molecule has 16 nitrogen and oxygen atoms in total. The lowest BCUT2D eigenvalue weighted by Gasteiger charge is -2.23. The van der Waals surface area contributed by atoms with Crippen molar-refractivity contribution >= 4 is 41.4 Å². The van der Waals surface area contributed by atoms with Gasteiger partial charge in [-0.3, -0.25) is 28.8 Å². The van der Waals surface area contributed by atoms with E-state index in [4.69, 9.17) is 11.5 Å². The van der Waals surface area contributed by atoms with Crippen LogP contribution in [0.3, 0.4) is 0 Å². The maximum absolute atomic E-state index is 12.5. The van der Waals surface area contributed by atoms with Crippen molar-refractivity contribution in [2.24, 2.45) is 11.5 Å². The monoisotopic (exact) mass is 572 g/mol. The number of aliphatic carboxylic acids is 1. The lowest BCUT2D eigenvalue weighted by Crippen LogP contribution is -2.57. The number of rotatable bonds is 17. The molecule has 0 rings (SSSR count). The predicted octanol–water partition coefficient (Wildman–Crippen LogP) is -3.44. The molecule has 0 aromatic rings. The summed E-state index contributed by atoms with van der Waals surface area (Å²) in [6.45, 7) is 8.73. The number of unbranched alkanes of at least 4 members (excludes halogenated alkanes) is 1. The van der Waals surface area contributed by atoms with Gasteiger partial charge in [0, 0.05) is 0 Å². The first-order chi connectivity index (χ1) is 18.5. The summed E-state index contributed by atoms with van der Waals surface area (Å²) in [6.07, 6.45) is 1.28. The zero-order valence-corrected chi connectivity index (χ0v) is 23.8. The molecule has 0 heterocycles. The van der Waals surface area contributed by atoms with E-state index >= 15 is 0 Å². The van der Waals surface area contributed by atoms with Crippen molar-refractivity contribution in [3.8, 4) is 0 Å². The molecule has 11 N–H and O–H groups in total. The molecule has 0 saturated heterocycles. The van der Waals surface area contributed by atoms with E-state index in [0.29, 0.717) is 19.4 Å². The summed E-state index contributed by atoms with van der Waals surface area (Å²) in [5.41, 5.74) is 10.8. The Bertz CT molecular complexity index is 929. The number of nitrogens with one attached hydrogen (secondary N) is 6. The van der Waals surface area contributed by atoms with Gasteiger partial charge in [-0.1, -0.05) is 0 Å². The van der Waals surface area contributed by atoms with Gasteiger partial charge in [-0.2, -0.15) is 0 Å². The van der Waals surface area contributed by atoms with Gasteiger partial charge >= 0.3 is 5.97 Å². The summed E-state index contributed by atoms with van der Waals surface area (Å²) in [5, 5.41) is 23.7. The first-order valence-corrected chi connectivity index (χ1v) is 13.0. The molecule has 0 aliphatic heterocycles. The van der Waals surface area contributed by atoms with Gasteiger partial charge in [0.1, 0.15) is 36.3 Å². The zero-order valence-electron chi connectivity index (χ0n) is 23.8. The van der Waals surface area contributed by atoms with Gasteiger partial charge < -0.3 is 48.5 Å². The predicted molar refractivity (Wildman–Crippen MR) is 144 cm³/mol. The van der Waals surface area contributed by atoms with Gasteiger partial charge in [-0.05, 0) is 67.3 Å². The second kappa shape index (κ2) is 17.7. The van der Waals surface area contributed by atoms with Crippen molar-refractivity contribution in [1.82, 2.24) is 31.9 Å². The first-order valence-electron chi connectivity index (χ1n) is 13.0. The van der Waals surface area contributed by atoms with Crippen LogP contribution in [0, 0.1) is 0 Å². The minimum atomic E-state index is -1.21. The zero-order chi connectivity index (χ0) is 31.2. The third-order valence-corrected chi connectivity index (χ3v) is 5.74. The molecule has 0 fully saturated rings. The number of amides is 6. The SMILES string of the molecule is C[C@H](N)C(=O)N[C@@H](C)C(=O)N[C@@H](C)C(=O)N[C@@H](C)C(=O)N[C@@H](C)C(=O)N[C@@H](C)C(=O)N[C@@H](CCCCN)C(=O)O. The molecule has 0 unspecified atom stereocenters. The highest BCUT2D eigenvalue weighted by Crippen LogP contribution is 2.02. The van der Waals surface area contributed by atoms with Gasteiger partial charge in [-0.15, -0.1) is 0 Å². The Morgan fingerprint density at radius 1 is 0.550 bits per heavy atom. The Morgan fingerprint density at radius 2 is 0.850 bits per heavy atom. The van der Waals surface area contributed by atoms with Gasteiger partial charge in [0.25, 0.3) is 0 Å². The second-order valence-corrected chi connectivity index (χ2v) is 9.62. The molecule has 6 amide bonds. The van der Waals surface area contributed by atoms with E-state index in [1.165, 1.54) is 41.5 Å². The summed E-state index contributed by atoms with van der Waals surface area (Å²) in [7, 11) is 0. The molecule has 0 radical (unpaired) electrons. The van der Waals surface area contributed by atoms with Gasteiger partial charge in [0.15, 0.2) is 0 Å². The van der Waals surface area contributed by atoms with Crippen LogP contribution in [0.4, 0.5) is 0 Å². The van der Waals surface area contributed by atoms with E-state index in [9.17, 15) is 38.7 Å². The number of hydrogen-bond acceptors (Lipinski definition) is 9. The van der Waals surface area contributed by atoms with Crippen molar-refractivity contribution in [3.05, 3.63) is 0 Å². The smallest absolute Gasteiger partial charge is 0.326 e. The molecule has 16 heteroatoms. The van der Waals surface area contributed by atoms with Crippen molar-refractivity contribution < 1.29 is 38.7 Å². The highest BCUT2D eigenvalue weighted by Gasteiger charge is 2.28. The summed E-state index contributed by atoms with van der Waals surface area (Å²) >= 11 is 0. The van der Waals surface area contributed by atoms with Crippen LogP contribution in [0.1, 0.15) is 60.8 Å². The number of carbonyl (C=O) groups is 7. The minimum Gasteiger partial charge on any atom is -0.480 e. The van der Waals surface area contributed by atoms with E-state index in [-0.39, 0.29) is 6.42 Å². The lowest BCUT2D eigenvalue weighted by molar-refractivity contribution is -0.142. The molecule has 0 spiro atoms. The van der Waals surface area contributed by atoms with Crippen molar-refractivity contribution in [2.75, 3.05) is 6.54 Å². The third kappa shape index (κ3) is 13.3. The van der Waals surface area contributed by atoms with Crippen molar-refractivity contribution in [3.63, 3.8) is 0 Å². The molecule has 0 aliphatic rings. The number of carbonyl (C=O) groups excluding carboxylic acids is 6. The summed E-state index contributed by atoms with van der Waals surface area (Å²) in [6, 6.07) is -7.25. The fraction of sp³-hybridized carbons (Fsp3) is 0.708. The molecule has 228 valence electrons. The Kier molecular flexibility index (Phi) is 16.0. The van der Waals surface area contributed by atoms with E-state index in [0.717, 1.165) is 0 Å². The standard InChI is InChI=1S/C24H44N8O8/c1-11(26)18(33)27-12(2)19(34)28-13(3)20(35)29-14(4)21(36)30-15(5)22(37)31-16(6)23(38)32-17(24(39)40)9-7-8-10-25/h11-17H,7-10,25-26H2,1-6H3,(H,27,33)(H,28,34)(H,29,35)(H,30,36)(H,31,37)(H,32,38)(H,39,40)/t11-,12-,13-,14-,15-,16-,17-/m0/s1. The van der Waals surface area contributed by atoms with Crippen molar-refractivity contribution in [2.45, 2.75) is 103 Å². The average molecular weight is 573 g/mol. The molecule has 0 bridgehead atoms. The van der Waals surface area contributed by atoms with Crippen LogP contribution >= 0.6 is 0 Å². The molecule has 7 atom stereocenters. The van der Waals surface area contributed by atoms with Crippen LogP contribution in [0.2, 0.25) is 0 Å². The van der Waals surface area contributed by atoms with Crippen LogP contribution in [0.15, 0.2) is 0 Å². The lowest BCUT2D eigenvalue weighted by atomic mass is 10.1. The van der Waals surface area contributed by atoms with Crippen LogP contribution in [0.25, 0.3) is 0 Å². The topological polar surface area (TPSA) is 264 Å². The van der Waals surface area contributed by atoms with Crippen LogP contribution in [0.5, 0.6) is 0 Å². The second-order valence-electron chi connectivity index (χ2n) is 9.62. The van der Waals surface area contributed by atoms with Crippen molar-refractivity contribution in [1.29, 1.82) is 0 Å². The number of carboxylic acids is 1. The van der Waals surface area contributed by atoms with Crippen LogP contribution < -0.4 is 43.4 Å². The normalized spacial score (nSPS) is 16.0. The summed E-state index contributed by atoms with van der Waals surface area (Å²) in [5.74, 6) is -5.22. The van der Waals surface area contributed by atoms with Crippen LogP contribution in [-0.4, -0.2) is 95.4 Å². The Hall–Kier alpha value is -3.79. The number of hydrogen-bond donors (Lipinski definition) is 9. The average Bonchev–Trinajstić information content (AvgIpc) is 2.87. The fourth-order valence-corrected chi connectivity index (χ4v) is 3.07. The van der Waals surface area contributed by atoms with Gasteiger partial charge in [-0.25, -0.2) is 4.79 Å². The third-order valence-electron chi connectivity index (χ3n) is 5.74. The van der Waals surface area contributed by atoms with E-state index in [1.807, 2.05) is 0 Å². The molecule has 0 aliphatic carbocycles. The number of nitrogens with two attached hydrogens (primary N) is 2. The van der Waals surface area contributed by atoms with E-state index in [2.05, 4.69) is 31.9 Å². The Balaban J connectivity index is 4.77. The number of carboxylic acid groups (broad SMARTS) is 1. The molecular weight excluding hydrogens is 528 g/mol. The highest BCUT2D eigenvalue weighted by atomic mass is 16.4. The molecule has 0 aromatic carbocycles. The van der Waals surface area contributed by atoms with Gasteiger partial charge in [0.2, 0.25) is 35.4 Å². The quantitative estimate of drug-likeness (QED) is 0.0778. The summed E-state index contributed by atoms with van der Waals surface area (Å²) in [4.78, 5) is 85.0. The maximum atomic E-state index is 12.5. The highest BCUT2D eigenvalue weighted by molar-refractivity contribution is 5.96. The molecule has 0 aromatic heterocycles. The minimum absolute atomic E-state index is 0.181. The maximum Gasteiger partial charge on any atom is 0.326 e. The molecule has 40 heavy (non-hydrogen) atoms. The largest absolute Gasteiger partial charge is 0.480 e. The Labute approximate surface area is 233 Å².